The van der Waals surface area contributed by atoms with Gasteiger partial charge in [0.2, 0.25) is 0 Å². The predicted molar refractivity (Wildman–Crippen MR) is 160 cm³/mol. The van der Waals surface area contributed by atoms with Crippen molar-refractivity contribution in [2.45, 2.75) is 92.0 Å². The molecule has 0 radical (unpaired) electrons. The highest BCUT2D eigenvalue weighted by Crippen LogP contribution is 2.48. The summed E-state index contributed by atoms with van der Waals surface area (Å²) in [5.74, 6) is 2.54. The number of fused-ring (bicyclic) bond motifs is 1. The highest BCUT2D eigenvalue weighted by Gasteiger charge is 2.36. The average Bonchev–Trinajstić information content (AvgIpc) is 3.61. The number of hydrogen-bond acceptors (Lipinski definition) is 9. The summed E-state index contributed by atoms with van der Waals surface area (Å²) in [7, 11) is 0. The second-order valence-corrected chi connectivity index (χ2v) is 10.2. The maximum Gasteiger partial charge on any atom is 0.165 e. The molecule has 10 heteroatoms. The molecule has 2 aliphatic rings. The lowest BCUT2D eigenvalue weighted by Crippen LogP contribution is -2.31. The van der Waals surface area contributed by atoms with Crippen LogP contribution in [0.25, 0.3) is 33.8 Å². The Hall–Kier alpha value is -3.82. The minimum atomic E-state index is 0.0839. The molecule has 1 saturated heterocycles. The van der Waals surface area contributed by atoms with Crippen LogP contribution < -0.4 is 5.73 Å². The zero-order valence-electron chi connectivity index (χ0n) is 25.0. The van der Waals surface area contributed by atoms with Crippen molar-refractivity contribution in [3.05, 3.63) is 42.3 Å². The number of likely N-dealkylation sites (tertiary alicyclic amines) is 1. The third-order valence-electron chi connectivity index (χ3n) is 7.30. The number of rotatable bonds is 6. The Morgan fingerprint density at radius 2 is 1.60 bits per heavy atom. The van der Waals surface area contributed by atoms with E-state index in [1.165, 1.54) is 11.9 Å². The summed E-state index contributed by atoms with van der Waals surface area (Å²) in [6.07, 6.45) is 9.64. The molecule has 6 rings (SSSR count). The summed E-state index contributed by atoms with van der Waals surface area (Å²) in [4.78, 5) is 20.6. The van der Waals surface area contributed by atoms with Crippen molar-refractivity contribution in [3.8, 4) is 22.8 Å². The second kappa shape index (κ2) is 12.6. The largest absolute Gasteiger partial charge is 0.383 e. The van der Waals surface area contributed by atoms with Crippen LogP contribution in [0.5, 0.6) is 0 Å². The van der Waals surface area contributed by atoms with E-state index in [9.17, 15) is 0 Å². The Balaban J connectivity index is 0.000000886. The highest BCUT2D eigenvalue weighted by molar-refractivity contribution is 6.00. The van der Waals surface area contributed by atoms with Crippen LogP contribution in [0.2, 0.25) is 0 Å². The molecule has 2 N–H and O–H groups in total. The van der Waals surface area contributed by atoms with Crippen LogP contribution in [-0.2, 0) is 0 Å². The predicted octanol–water partition coefficient (Wildman–Crippen LogP) is 6.74. The monoisotopic (exact) mass is 545 g/mol. The molecule has 0 bridgehead atoms. The van der Waals surface area contributed by atoms with Gasteiger partial charge in [0.05, 0.1) is 10.9 Å². The Morgan fingerprint density at radius 1 is 0.950 bits per heavy atom. The maximum atomic E-state index is 6.30. The summed E-state index contributed by atoms with van der Waals surface area (Å²) < 4.78 is 7.74. The molecule has 0 atom stereocenters. The first-order valence-corrected chi connectivity index (χ1v) is 14.6. The van der Waals surface area contributed by atoms with Crippen LogP contribution in [0.3, 0.4) is 0 Å². The maximum absolute atomic E-state index is 6.30. The van der Waals surface area contributed by atoms with Gasteiger partial charge in [-0.15, -0.1) is 0 Å². The van der Waals surface area contributed by atoms with Crippen molar-refractivity contribution in [1.82, 2.24) is 39.8 Å². The van der Waals surface area contributed by atoms with Gasteiger partial charge in [-0.2, -0.15) is 5.10 Å². The standard InChI is InChI=1S/C26H31N9O.2C2H6/c1-14(2)34-9-7-16(8-10-34)18-11-28-25(29-12-18)19-22(33-36-23(19)17-5-6-17)21-20-24(27)30-13-31-26(20)35(32-21)15(3)4;2*1-2/h11-13,15-17H,1,5-10H2,2-4H3,(H2,27,30,31);2*1-2H3. The molecular formula is C30H43N9O. The number of nitrogen functional groups attached to an aromatic ring is 1. The summed E-state index contributed by atoms with van der Waals surface area (Å²) in [5, 5.41) is 10.00. The Labute approximate surface area is 237 Å². The molecule has 214 valence electrons. The average molecular weight is 546 g/mol. The van der Waals surface area contributed by atoms with Gasteiger partial charge in [-0.25, -0.2) is 24.6 Å². The zero-order chi connectivity index (χ0) is 29.0. The third kappa shape index (κ3) is 5.57. The smallest absolute Gasteiger partial charge is 0.165 e. The van der Waals surface area contributed by atoms with E-state index in [-0.39, 0.29) is 6.04 Å². The van der Waals surface area contributed by atoms with Gasteiger partial charge in [-0.1, -0.05) is 39.4 Å². The van der Waals surface area contributed by atoms with Crippen molar-refractivity contribution in [3.63, 3.8) is 0 Å². The summed E-state index contributed by atoms with van der Waals surface area (Å²) >= 11 is 0. The number of nitrogens with two attached hydrogens (primary N) is 1. The molecule has 5 heterocycles. The fraction of sp³-hybridized carbons (Fsp3) is 0.533. The first kappa shape index (κ1) is 29.2. The SMILES string of the molecule is C=C(C)N1CCC(c2cnc(-c3c(-c4nn(C(C)C)c5ncnc(N)c45)noc3C3CC3)nc2)CC1.CC.CC. The quantitative estimate of drug-likeness (QED) is 0.280. The van der Waals surface area contributed by atoms with Crippen molar-refractivity contribution >= 4 is 16.9 Å². The Kier molecular flexibility index (Phi) is 9.17. The van der Waals surface area contributed by atoms with E-state index in [4.69, 9.17) is 25.3 Å². The van der Waals surface area contributed by atoms with Crippen LogP contribution in [0, 0.1) is 0 Å². The summed E-state index contributed by atoms with van der Waals surface area (Å²) in [5.41, 5.74) is 11.3. The van der Waals surface area contributed by atoms with E-state index in [1.54, 1.807) is 0 Å². The Bertz CT molecular complexity index is 1430. The van der Waals surface area contributed by atoms with Crippen LogP contribution >= 0.6 is 0 Å². The minimum Gasteiger partial charge on any atom is -0.383 e. The first-order chi connectivity index (χ1) is 19.4. The van der Waals surface area contributed by atoms with Gasteiger partial charge in [0.25, 0.3) is 0 Å². The Morgan fingerprint density at radius 3 is 2.17 bits per heavy atom. The molecule has 0 unspecified atom stereocenters. The minimum absolute atomic E-state index is 0.0839. The molecule has 1 aliphatic carbocycles. The molecule has 4 aromatic heterocycles. The van der Waals surface area contributed by atoms with Gasteiger partial charge in [0.1, 0.15) is 23.5 Å². The first-order valence-electron chi connectivity index (χ1n) is 14.6. The van der Waals surface area contributed by atoms with Crippen LogP contribution in [0.4, 0.5) is 5.82 Å². The van der Waals surface area contributed by atoms with E-state index in [0.29, 0.717) is 45.9 Å². The highest BCUT2D eigenvalue weighted by atomic mass is 16.5. The number of nitrogens with zero attached hydrogens (tertiary/aromatic N) is 8. The van der Waals surface area contributed by atoms with E-state index in [0.717, 1.165) is 55.8 Å². The van der Waals surface area contributed by atoms with Crippen molar-refractivity contribution in [2.24, 2.45) is 0 Å². The summed E-state index contributed by atoms with van der Waals surface area (Å²) in [6.45, 7) is 20.3. The molecule has 1 aliphatic heterocycles. The third-order valence-corrected chi connectivity index (χ3v) is 7.30. The van der Waals surface area contributed by atoms with Gasteiger partial charge in [0.15, 0.2) is 17.2 Å². The second-order valence-electron chi connectivity index (χ2n) is 10.2. The lowest BCUT2D eigenvalue weighted by molar-refractivity contribution is 0.264. The van der Waals surface area contributed by atoms with Crippen molar-refractivity contribution < 1.29 is 4.52 Å². The molecule has 1 saturated carbocycles. The van der Waals surface area contributed by atoms with Crippen LogP contribution in [0.15, 0.2) is 35.5 Å². The fourth-order valence-electron chi connectivity index (χ4n) is 5.10. The zero-order valence-corrected chi connectivity index (χ0v) is 25.0. The molecule has 2 fully saturated rings. The molecule has 0 spiro atoms. The number of piperidine rings is 1. The topological polar surface area (TPSA) is 125 Å². The molecule has 0 amide bonds. The number of anilines is 1. The van der Waals surface area contributed by atoms with Gasteiger partial charge in [0, 0.05) is 43.1 Å². The van der Waals surface area contributed by atoms with Crippen LogP contribution in [-0.4, -0.2) is 52.9 Å². The van der Waals surface area contributed by atoms with Gasteiger partial charge in [-0.3, -0.25) is 0 Å². The molecule has 10 nitrogen and oxygen atoms in total. The normalized spacial score (nSPS) is 15.4. The number of allylic oxidation sites excluding steroid dienone is 1. The van der Waals surface area contributed by atoms with E-state index >= 15 is 0 Å². The van der Waals surface area contributed by atoms with Gasteiger partial charge in [-0.05, 0) is 57.9 Å². The van der Waals surface area contributed by atoms with Gasteiger partial charge < -0.3 is 15.2 Å². The van der Waals surface area contributed by atoms with E-state index < -0.39 is 0 Å². The van der Waals surface area contributed by atoms with E-state index in [2.05, 4.69) is 47.4 Å². The lowest BCUT2D eigenvalue weighted by atomic mass is 9.91. The number of hydrogen-bond donors (Lipinski definition) is 1. The van der Waals surface area contributed by atoms with Crippen molar-refractivity contribution in [1.29, 1.82) is 0 Å². The molecule has 0 aromatic carbocycles. The van der Waals surface area contributed by atoms with E-state index in [1.807, 2.05) is 44.8 Å². The lowest BCUT2D eigenvalue weighted by Gasteiger charge is -2.33. The van der Waals surface area contributed by atoms with Crippen LogP contribution in [0.1, 0.15) is 103 Å². The molecular weight excluding hydrogens is 502 g/mol. The molecule has 4 aromatic rings. The summed E-state index contributed by atoms with van der Waals surface area (Å²) in [6, 6.07) is 0.0839. The molecule has 40 heavy (non-hydrogen) atoms. The van der Waals surface area contributed by atoms with Gasteiger partial charge >= 0.3 is 0 Å². The fourth-order valence-corrected chi connectivity index (χ4v) is 5.10. The van der Waals surface area contributed by atoms with Crippen molar-refractivity contribution in [2.75, 3.05) is 18.8 Å². The number of aromatic nitrogens is 7.